The van der Waals surface area contributed by atoms with Gasteiger partial charge in [-0.05, 0) is 6.92 Å². The lowest BCUT2D eigenvalue weighted by Gasteiger charge is -2.33. The average Bonchev–Trinajstić information content (AvgIpc) is 2.86. The molecule has 118 valence electrons. The molecule has 21 heavy (non-hydrogen) atoms. The molecule has 1 aliphatic rings. The Hall–Kier alpha value is -1.65. The van der Waals surface area contributed by atoms with Crippen molar-refractivity contribution in [3.8, 4) is 0 Å². The summed E-state index contributed by atoms with van der Waals surface area (Å²) >= 11 is 0. The third-order valence-electron chi connectivity index (χ3n) is 3.32. The van der Waals surface area contributed by atoms with Gasteiger partial charge in [0.05, 0.1) is 12.7 Å². The molecule has 9 nitrogen and oxygen atoms in total. The Morgan fingerprint density at radius 3 is 2.62 bits per heavy atom. The fraction of sp³-hybridized carbons (Fsp3) is 0.636. The number of aromatic nitrogens is 2. The van der Waals surface area contributed by atoms with Crippen LogP contribution in [0, 0.1) is 0 Å². The molecule has 1 saturated heterocycles. The monoisotopic (exact) mass is 316 g/mol. The molecule has 1 aliphatic heterocycles. The molecule has 4 N–H and O–H groups in total. The zero-order chi connectivity index (χ0) is 15.5. The van der Waals surface area contributed by atoms with Gasteiger partial charge in [-0.3, -0.25) is 14.8 Å². The first kappa shape index (κ1) is 15.7. The van der Waals surface area contributed by atoms with Gasteiger partial charge >= 0.3 is 0 Å². The number of nitrogens with two attached hydrogens (primary N) is 1. The highest BCUT2D eigenvalue weighted by Crippen LogP contribution is 2.20. The van der Waals surface area contributed by atoms with Gasteiger partial charge in [0.2, 0.25) is 15.9 Å². The molecule has 0 radical (unpaired) electrons. The zero-order valence-electron chi connectivity index (χ0n) is 11.9. The third-order valence-corrected chi connectivity index (χ3v) is 5.25. The van der Waals surface area contributed by atoms with Crippen LogP contribution in [0.25, 0.3) is 0 Å². The number of hydrogen-bond donors (Lipinski definition) is 3. The van der Waals surface area contributed by atoms with Gasteiger partial charge in [0, 0.05) is 32.7 Å². The van der Waals surface area contributed by atoms with Crippen LogP contribution in [0.1, 0.15) is 6.92 Å². The minimum atomic E-state index is -3.62. The molecule has 0 unspecified atom stereocenters. The molecule has 1 amide bonds. The highest BCUT2D eigenvalue weighted by atomic mass is 32.2. The molecule has 0 bridgehead atoms. The molecule has 0 aliphatic carbocycles. The quantitative estimate of drug-likeness (QED) is 0.603. The summed E-state index contributed by atoms with van der Waals surface area (Å²) in [6.45, 7) is 4.40. The summed E-state index contributed by atoms with van der Waals surface area (Å²) in [5.41, 5.74) is 5.57. The smallest absolute Gasteiger partial charge is 0.248 e. The fourth-order valence-corrected chi connectivity index (χ4v) is 3.65. The van der Waals surface area contributed by atoms with E-state index in [0.29, 0.717) is 32.7 Å². The van der Waals surface area contributed by atoms with Gasteiger partial charge in [-0.1, -0.05) is 0 Å². The zero-order valence-corrected chi connectivity index (χ0v) is 12.7. The van der Waals surface area contributed by atoms with Crippen LogP contribution in [-0.4, -0.2) is 73.0 Å². The molecule has 0 aromatic carbocycles. The maximum absolute atomic E-state index is 12.4. The molecule has 1 aromatic rings. The molecular weight excluding hydrogens is 296 g/mol. The maximum Gasteiger partial charge on any atom is 0.248 e. The molecule has 1 aromatic heterocycles. The number of anilines is 1. The predicted octanol–water partition coefficient (Wildman–Crippen LogP) is -1.57. The number of carbonyl (C=O) groups excluding carboxylic acids is 1. The van der Waals surface area contributed by atoms with Crippen LogP contribution >= 0.6 is 0 Å². The summed E-state index contributed by atoms with van der Waals surface area (Å²) in [7, 11) is -3.62. The lowest BCUT2D eigenvalue weighted by molar-refractivity contribution is -0.122. The van der Waals surface area contributed by atoms with Crippen molar-refractivity contribution in [2.75, 3.05) is 45.0 Å². The molecule has 1 fully saturated rings. The number of nitrogens with zero attached hydrogens (tertiary/aromatic N) is 3. The van der Waals surface area contributed by atoms with Crippen molar-refractivity contribution in [3.63, 3.8) is 0 Å². The van der Waals surface area contributed by atoms with Crippen LogP contribution in [0.4, 0.5) is 5.82 Å². The Labute approximate surface area is 123 Å². The van der Waals surface area contributed by atoms with Crippen molar-refractivity contribution in [2.24, 2.45) is 0 Å². The van der Waals surface area contributed by atoms with Gasteiger partial charge in [-0.25, -0.2) is 8.42 Å². The number of aromatic amines is 1. The van der Waals surface area contributed by atoms with Crippen molar-refractivity contribution in [1.82, 2.24) is 24.7 Å². The standard InChI is InChI=1S/C11H20N6O3S/c1-2-13-10(18)8-16-3-5-17(6-4-16)21(19,20)9-7-14-15-11(9)12/h7H,2-6,8H2,1H3,(H,13,18)(H3,12,14,15). The van der Waals surface area contributed by atoms with E-state index in [1.807, 2.05) is 11.8 Å². The van der Waals surface area contributed by atoms with E-state index < -0.39 is 10.0 Å². The van der Waals surface area contributed by atoms with Gasteiger partial charge in [0.15, 0.2) is 0 Å². The Kier molecular flexibility index (Phi) is 4.80. The first-order chi connectivity index (χ1) is 9.95. The van der Waals surface area contributed by atoms with Crippen LogP contribution in [-0.2, 0) is 14.8 Å². The molecule has 2 heterocycles. The van der Waals surface area contributed by atoms with Crippen LogP contribution in [0.5, 0.6) is 0 Å². The summed E-state index contributed by atoms with van der Waals surface area (Å²) in [6, 6.07) is 0. The Bertz CT molecular complexity index is 591. The summed E-state index contributed by atoms with van der Waals surface area (Å²) in [5.74, 6) is -0.00682. The van der Waals surface area contributed by atoms with E-state index in [1.54, 1.807) is 0 Å². The first-order valence-corrected chi connectivity index (χ1v) is 8.17. The van der Waals surface area contributed by atoms with E-state index in [4.69, 9.17) is 5.73 Å². The van der Waals surface area contributed by atoms with E-state index in [2.05, 4.69) is 15.5 Å². The number of H-pyrrole nitrogens is 1. The third kappa shape index (κ3) is 3.52. The van der Waals surface area contributed by atoms with E-state index in [1.165, 1.54) is 10.5 Å². The number of likely N-dealkylation sites (N-methyl/N-ethyl adjacent to an activating group) is 1. The van der Waals surface area contributed by atoms with Crippen LogP contribution in [0.15, 0.2) is 11.1 Å². The number of sulfonamides is 1. The van der Waals surface area contributed by atoms with Gasteiger partial charge in [0.1, 0.15) is 10.7 Å². The number of piperazine rings is 1. The van der Waals surface area contributed by atoms with E-state index in [9.17, 15) is 13.2 Å². The molecular formula is C11H20N6O3S. The van der Waals surface area contributed by atoms with Crippen LogP contribution in [0.3, 0.4) is 0 Å². The minimum absolute atomic E-state index is 0.000300. The normalized spacial score (nSPS) is 17.8. The van der Waals surface area contributed by atoms with Crippen LogP contribution < -0.4 is 11.1 Å². The molecule has 0 spiro atoms. The molecule has 0 saturated carbocycles. The van der Waals surface area contributed by atoms with Crippen molar-refractivity contribution in [2.45, 2.75) is 11.8 Å². The second kappa shape index (κ2) is 6.41. The predicted molar refractivity (Wildman–Crippen MR) is 76.9 cm³/mol. The average molecular weight is 316 g/mol. The number of carbonyl (C=O) groups is 1. The van der Waals surface area contributed by atoms with Gasteiger partial charge in [-0.2, -0.15) is 9.40 Å². The first-order valence-electron chi connectivity index (χ1n) is 6.73. The van der Waals surface area contributed by atoms with E-state index >= 15 is 0 Å². The van der Waals surface area contributed by atoms with Crippen molar-refractivity contribution >= 4 is 21.7 Å². The molecule has 2 rings (SSSR count). The molecule has 10 heteroatoms. The molecule has 0 atom stereocenters. The summed E-state index contributed by atoms with van der Waals surface area (Å²) < 4.78 is 26.1. The Morgan fingerprint density at radius 1 is 1.43 bits per heavy atom. The highest BCUT2D eigenvalue weighted by Gasteiger charge is 2.31. The number of rotatable bonds is 5. The summed E-state index contributed by atoms with van der Waals surface area (Å²) in [5, 5.41) is 8.78. The SMILES string of the molecule is CCNC(=O)CN1CCN(S(=O)(=O)c2cn[nH]c2N)CC1. The Morgan fingerprint density at radius 2 is 2.10 bits per heavy atom. The van der Waals surface area contributed by atoms with Crippen molar-refractivity contribution < 1.29 is 13.2 Å². The largest absolute Gasteiger partial charge is 0.383 e. The van der Waals surface area contributed by atoms with Gasteiger partial charge < -0.3 is 11.1 Å². The topological polar surface area (TPSA) is 124 Å². The van der Waals surface area contributed by atoms with Crippen LogP contribution in [0.2, 0.25) is 0 Å². The van der Waals surface area contributed by atoms with Crippen molar-refractivity contribution in [1.29, 1.82) is 0 Å². The van der Waals surface area contributed by atoms with Gasteiger partial charge in [0.25, 0.3) is 0 Å². The van der Waals surface area contributed by atoms with E-state index in [0.717, 1.165) is 0 Å². The lowest BCUT2D eigenvalue weighted by atomic mass is 10.3. The second-order valence-corrected chi connectivity index (χ2v) is 6.69. The maximum atomic E-state index is 12.4. The number of amides is 1. The number of nitrogen functional groups attached to an aromatic ring is 1. The Balaban J connectivity index is 1.95. The lowest BCUT2D eigenvalue weighted by Crippen LogP contribution is -2.51. The highest BCUT2D eigenvalue weighted by molar-refractivity contribution is 7.89. The summed E-state index contributed by atoms with van der Waals surface area (Å²) in [6.07, 6.45) is 1.21. The second-order valence-electron chi connectivity index (χ2n) is 4.78. The number of nitrogens with one attached hydrogen (secondary N) is 2. The number of hydrogen-bond acceptors (Lipinski definition) is 6. The van der Waals surface area contributed by atoms with Gasteiger partial charge in [-0.15, -0.1) is 0 Å². The van der Waals surface area contributed by atoms with Crippen molar-refractivity contribution in [3.05, 3.63) is 6.20 Å². The summed E-state index contributed by atoms with van der Waals surface area (Å²) in [4.78, 5) is 13.4. The van der Waals surface area contributed by atoms with E-state index in [-0.39, 0.29) is 23.2 Å². The fourth-order valence-electron chi connectivity index (χ4n) is 2.21. The minimum Gasteiger partial charge on any atom is -0.383 e.